The van der Waals surface area contributed by atoms with E-state index in [1.165, 1.54) is 45.2 Å². The fourth-order valence-corrected chi connectivity index (χ4v) is 4.60. The fourth-order valence-electron chi connectivity index (χ4n) is 4.60. The summed E-state index contributed by atoms with van der Waals surface area (Å²) in [5.74, 6) is 1.65. The number of hydrogen-bond acceptors (Lipinski definition) is 3. The van der Waals surface area contributed by atoms with Gasteiger partial charge in [-0.2, -0.15) is 0 Å². The lowest BCUT2D eigenvalue weighted by Gasteiger charge is -2.52. The van der Waals surface area contributed by atoms with Gasteiger partial charge in [0.1, 0.15) is 0 Å². The van der Waals surface area contributed by atoms with Gasteiger partial charge >= 0.3 is 0 Å². The molecule has 0 spiro atoms. The second-order valence-corrected chi connectivity index (χ2v) is 7.49. The highest BCUT2D eigenvalue weighted by Gasteiger charge is 2.43. The van der Waals surface area contributed by atoms with Crippen molar-refractivity contribution in [3.05, 3.63) is 0 Å². The molecule has 3 atom stereocenters. The highest BCUT2D eigenvalue weighted by atomic mass is 15.3. The van der Waals surface area contributed by atoms with Crippen molar-refractivity contribution in [1.82, 2.24) is 9.80 Å². The molecule has 3 heteroatoms. The molecular formula is C16H33N3. The van der Waals surface area contributed by atoms with Crippen LogP contribution in [0.2, 0.25) is 0 Å². The molecule has 112 valence electrons. The number of hydrogen-bond donors (Lipinski definition) is 1. The third kappa shape index (κ3) is 3.32. The van der Waals surface area contributed by atoms with Gasteiger partial charge in [-0.25, -0.2) is 0 Å². The Morgan fingerprint density at radius 2 is 1.84 bits per heavy atom. The topological polar surface area (TPSA) is 32.5 Å². The Labute approximate surface area is 119 Å². The molecule has 2 N–H and O–H groups in total. The van der Waals surface area contributed by atoms with E-state index < -0.39 is 0 Å². The molecule has 0 aromatic carbocycles. The molecule has 3 unspecified atom stereocenters. The van der Waals surface area contributed by atoms with Crippen molar-refractivity contribution in [2.24, 2.45) is 17.6 Å². The maximum atomic E-state index is 6.26. The molecule has 19 heavy (non-hydrogen) atoms. The number of likely N-dealkylation sites (tertiary alicyclic amines) is 1. The van der Waals surface area contributed by atoms with Crippen molar-refractivity contribution in [2.75, 3.05) is 33.7 Å². The predicted octanol–water partition coefficient (Wildman–Crippen LogP) is 2.17. The zero-order valence-corrected chi connectivity index (χ0v) is 13.4. The molecule has 2 fully saturated rings. The summed E-state index contributed by atoms with van der Waals surface area (Å²) < 4.78 is 0. The molecule has 0 amide bonds. The lowest BCUT2D eigenvalue weighted by atomic mass is 9.70. The van der Waals surface area contributed by atoms with Crippen molar-refractivity contribution >= 4 is 0 Å². The minimum atomic E-state index is 0.283. The van der Waals surface area contributed by atoms with Gasteiger partial charge in [-0.05, 0) is 64.6 Å². The van der Waals surface area contributed by atoms with E-state index in [-0.39, 0.29) is 5.54 Å². The van der Waals surface area contributed by atoms with E-state index in [4.69, 9.17) is 5.73 Å². The number of nitrogens with two attached hydrogens (primary N) is 1. The van der Waals surface area contributed by atoms with Gasteiger partial charge in [0.2, 0.25) is 0 Å². The maximum Gasteiger partial charge on any atom is 0.0337 e. The lowest BCUT2D eigenvalue weighted by Crippen LogP contribution is -2.61. The van der Waals surface area contributed by atoms with E-state index in [2.05, 4.69) is 37.7 Å². The van der Waals surface area contributed by atoms with Gasteiger partial charge in [0.05, 0.1) is 0 Å². The van der Waals surface area contributed by atoms with Crippen molar-refractivity contribution in [3.63, 3.8) is 0 Å². The normalized spacial score (nSPS) is 41.7. The number of nitrogens with zero attached hydrogens (tertiary/aromatic N) is 2. The average Bonchev–Trinajstić information content (AvgIpc) is 2.37. The minimum Gasteiger partial charge on any atom is -0.329 e. The second kappa shape index (κ2) is 6.11. The Kier molecular flexibility index (Phi) is 4.91. The first-order valence-electron chi connectivity index (χ1n) is 8.08. The fraction of sp³-hybridized carbons (Fsp3) is 1.00. The smallest absolute Gasteiger partial charge is 0.0337 e. The van der Waals surface area contributed by atoms with Crippen LogP contribution in [0.25, 0.3) is 0 Å². The third-order valence-corrected chi connectivity index (χ3v) is 5.44. The van der Waals surface area contributed by atoms with E-state index in [0.717, 1.165) is 18.4 Å². The Bertz CT molecular complexity index is 280. The second-order valence-electron chi connectivity index (χ2n) is 7.49. The number of likely N-dealkylation sites (N-methyl/N-ethyl adjacent to an activating group) is 1. The van der Waals surface area contributed by atoms with Gasteiger partial charge in [0.15, 0.2) is 0 Å². The molecule has 0 radical (unpaired) electrons. The predicted molar refractivity (Wildman–Crippen MR) is 82.2 cm³/mol. The molecule has 3 nitrogen and oxygen atoms in total. The van der Waals surface area contributed by atoms with Crippen molar-refractivity contribution in [2.45, 2.75) is 57.5 Å². The first-order chi connectivity index (χ1) is 8.97. The number of rotatable bonds is 3. The van der Waals surface area contributed by atoms with Crippen LogP contribution < -0.4 is 5.73 Å². The van der Waals surface area contributed by atoms with E-state index >= 15 is 0 Å². The Morgan fingerprint density at radius 1 is 1.21 bits per heavy atom. The highest BCUT2D eigenvalue weighted by molar-refractivity contribution is 5.00. The summed E-state index contributed by atoms with van der Waals surface area (Å²) in [7, 11) is 4.44. The monoisotopic (exact) mass is 267 g/mol. The first kappa shape index (κ1) is 15.3. The summed E-state index contributed by atoms with van der Waals surface area (Å²) >= 11 is 0. The van der Waals surface area contributed by atoms with Crippen molar-refractivity contribution in [1.29, 1.82) is 0 Å². The molecule has 1 saturated carbocycles. The van der Waals surface area contributed by atoms with Crippen LogP contribution in [-0.2, 0) is 0 Å². The largest absolute Gasteiger partial charge is 0.329 e. The highest BCUT2D eigenvalue weighted by Crippen LogP contribution is 2.40. The van der Waals surface area contributed by atoms with Gasteiger partial charge in [-0.15, -0.1) is 0 Å². The molecule has 2 rings (SSSR count). The van der Waals surface area contributed by atoms with Crippen LogP contribution in [0.5, 0.6) is 0 Å². The van der Waals surface area contributed by atoms with Crippen LogP contribution >= 0.6 is 0 Å². The first-order valence-corrected chi connectivity index (χ1v) is 8.08. The molecule has 1 aliphatic carbocycles. The molecule has 0 aromatic heterocycles. The summed E-state index contributed by atoms with van der Waals surface area (Å²) in [6.45, 7) is 8.12. The Hall–Kier alpha value is -0.120. The molecule has 1 saturated heterocycles. The quantitative estimate of drug-likeness (QED) is 0.850. The molecule has 1 heterocycles. The zero-order valence-electron chi connectivity index (χ0n) is 13.4. The van der Waals surface area contributed by atoms with Crippen LogP contribution in [0.4, 0.5) is 0 Å². The standard InChI is InChI=1S/C16H33N3/c1-13-8-14(2)10-16(9-13,12-17)19-7-5-6-15(11-19)18(3)4/h13-15H,5-12,17H2,1-4H3. The van der Waals surface area contributed by atoms with Crippen LogP contribution in [0.15, 0.2) is 0 Å². The summed E-state index contributed by atoms with van der Waals surface area (Å²) in [6.07, 6.45) is 6.65. The van der Waals surface area contributed by atoms with Crippen LogP contribution in [-0.4, -0.2) is 55.1 Å². The zero-order chi connectivity index (χ0) is 14.0. The minimum absolute atomic E-state index is 0.283. The molecule has 2 aliphatic rings. The van der Waals surface area contributed by atoms with Gasteiger partial charge in [-0.3, -0.25) is 4.90 Å². The Balaban J connectivity index is 2.11. The molecule has 1 aliphatic heterocycles. The van der Waals surface area contributed by atoms with E-state index in [0.29, 0.717) is 6.04 Å². The summed E-state index contributed by atoms with van der Waals surface area (Å²) in [5.41, 5.74) is 6.54. The summed E-state index contributed by atoms with van der Waals surface area (Å²) in [5, 5.41) is 0. The molecular weight excluding hydrogens is 234 g/mol. The van der Waals surface area contributed by atoms with Crippen molar-refractivity contribution in [3.8, 4) is 0 Å². The van der Waals surface area contributed by atoms with E-state index in [1.807, 2.05) is 0 Å². The maximum absolute atomic E-state index is 6.26. The van der Waals surface area contributed by atoms with E-state index in [9.17, 15) is 0 Å². The van der Waals surface area contributed by atoms with Gasteiger partial charge < -0.3 is 10.6 Å². The van der Waals surface area contributed by atoms with Gasteiger partial charge in [0.25, 0.3) is 0 Å². The van der Waals surface area contributed by atoms with E-state index in [1.54, 1.807) is 0 Å². The number of piperidine rings is 1. The summed E-state index contributed by atoms with van der Waals surface area (Å²) in [6, 6.07) is 0.713. The third-order valence-electron chi connectivity index (χ3n) is 5.44. The van der Waals surface area contributed by atoms with Gasteiger partial charge in [-0.1, -0.05) is 13.8 Å². The van der Waals surface area contributed by atoms with Crippen molar-refractivity contribution < 1.29 is 0 Å². The Morgan fingerprint density at radius 3 is 2.37 bits per heavy atom. The van der Waals surface area contributed by atoms with Crippen LogP contribution in [0.3, 0.4) is 0 Å². The molecule has 0 aromatic rings. The summed E-state index contributed by atoms with van der Waals surface area (Å²) in [4.78, 5) is 5.14. The lowest BCUT2D eigenvalue weighted by molar-refractivity contribution is -0.0139. The SMILES string of the molecule is CC1CC(C)CC(CN)(N2CCCC(N(C)C)C2)C1. The molecule has 0 bridgehead atoms. The van der Waals surface area contributed by atoms with Crippen LogP contribution in [0, 0.1) is 11.8 Å². The average molecular weight is 267 g/mol. The van der Waals surface area contributed by atoms with Gasteiger partial charge in [0, 0.05) is 24.7 Å². The van der Waals surface area contributed by atoms with Crippen LogP contribution in [0.1, 0.15) is 46.0 Å².